The summed E-state index contributed by atoms with van der Waals surface area (Å²) in [5.74, 6) is -0.158. The minimum absolute atomic E-state index is 0.0333. The fourth-order valence-corrected chi connectivity index (χ4v) is 5.48. The molecule has 1 saturated heterocycles. The Morgan fingerprint density at radius 2 is 1.33 bits per heavy atom. The summed E-state index contributed by atoms with van der Waals surface area (Å²) in [5.41, 5.74) is 3.83. The molecule has 1 amide bonds. The molecule has 0 radical (unpaired) electrons. The van der Waals surface area contributed by atoms with E-state index in [1.807, 2.05) is 72.8 Å². The predicted molar refractivity (Wildman–Crippen MR) is 133 cm³/mol. The summed E-state index contributed by atoms with van der Waals surface area (Å²) in [6.07, 6.45) is 0.384. The van der Waals surface area contributed by atoms with Crippen molar-refractivity contribution in [2.24, 2.45) is 0 Å². The van der Waals surface area contributed by atoms with Crippen molar-refractivity contribution in [1.29, 1.82) is 0 Å². The van der Waals surface area contributed by atoms with Gasteiger partial charge in [0, 0.05) is 44.0 Å². The van der Waals surface area contributed by atoms with Gasteiger partial charge in [0.05, 0.1) is 5.75 Å². The van der Waals surface area contributed by atoms with E-state index >= 15 is 0 Å². The smallest absolute Gasteiger partial charge is 0.251 e. The molecule has 3 aromatic rings. The van der Waals surface area contributed by atoms with Gasteiger partial charge in [-0.1, -0.05) is 60.7 Å². The normalized spacial score (nSPS) is 14.7. The van der Waals surface area contributed by atoms with E-state index in [4.69, 9.17) is 0 Å². The summed E-state index contributed by atoms with van der Waals surface area (Å²) in [7, 11) is -3.33. The highest BCUT2D eigenvalue weighted by Crippen LogP contribution is 2.19. The topological polar surface area (TPSA) is 69.7 Å². The zero-order valence-electron chi connectivity index (χ0n) is 18.6. The Morgan fingerprint density at radius 1 is 0.758 bits per heavy atom. The summed E-state index contributed by atoms with van der Waals surface area (Å²) in [5, 5.41) is 2.83. The SMILES string of the molecule is O=C(NCCCS(=O)(=O)N1CCN(c2ccccc2)CC1)c1ccc(-c2ccccc2)cc1. The second-order valence-electron chi connectivity index (χ2n) is 8.09. The first kappa shape index (κ1) is 23.0. The van der Waals surface area contributed by atoms with E-state index in [9.17, 15) is 13.2 Å². The van der Waals surface area contributed by atoms with Crippen molar-refractivity contribution in [2.75, 3.05) is 43.4 Å². The van der Waals surface area contributed by atoms with Gasteiger partial charge in [-0.25, -0.2) is 8.42 Å². The second kappa shape index (κ2) is 10.6. The van der Waals surface area contributed by atoms with E-state index in [1.54, 1.807) is 16.4 Å². The zero-order chi connectivity index (χ0) is 23.1. The van der Waals surface area contributed by atoms with Gasteiger partial charge in [0.1, 0.15) is 0 Å². The van der Waals surface area contributed by atoms with Crippen LogP contribution in [0.4, 0.5) is 5.69 Å². The average Bonchev–Trinajstić information content (AvgIpc) is 2.88. The van der Waals surface area contributed by atoms with E-state index < -0.39 is 10.0 Å². The monoisotopic (exact) mass is 463 g/mol. The molecule has 172 valence electrons. The van der Waals surface area contributed by atoms with Gasteiger partial charge in [-0.2, -0.15) is 4.31 Å². The van der Waals surface area contributed by atoms with Crippen molar-refractivity contribution in [1.82, 2.24) is 9.62 Å². The van der Waals surface area contributed by atoms with Crippen LogP contribution in [-0.2, 0) is 10.0 Å². The number of hydrogen-bond donors (Lipinski definition) is 1. The minimum Gasteiger partial charge on any atom is -0.369 e. The summed E-state index contributed by atoms with van der Waals surface area (Å²) in [4.78, 5) is 14.6. The number of hydrogen-bond acceptors (Lipinski definition) is 4. The largest absolute Gasteiger partial charge is 0.369 e. The predicted octanol–water partition coefficient (Wildman–Crippen LogP) is 3.63. The minimum atomic E-state index is -3.33. The second-order valence-corrected chi connectivity index (χ2v) is 10.2. The maximum Gasteiger partial charge on any atom is 0.251 e. The number of piperazine rings is 1. The third-order valence-electron chi connectivity index (χ3n) is 5.87. The van der Waals surface area contributed by atoms with E-state index in [1.165, 1.54) is 0 Å². The highest BCUT2D eigenvalue weighted by atomic mass is 32.2. The van der Waals surface area contributed by atoms with Gasteiger partial charge in [0.15, 0.2) is 0 Å². The molecule has 3 aromatic carbocycles. The molecular formula is C26H29N3O3S. The molecule has 6 nitrogen and oxygen atoms in total. The van der Waals surface area contributed by atoms with Crippen molar-refractivity contribution in [2.45, 2.75) is 6.42 Å². The quantitative estimate of drug-likeness (QED) is 0.518. The third-order valence-corrected chi connectivity index (χ3v) is 7.83. The van der Waals surface area contributed by atoms with Crippen molar-refractivity contribution < 1.29 is 13.2 Å². The molecule has 33 heavy (non-hydrogen) atoms. The van der Waals surface area contributed by atoms with E-state index in [-0.39, 0.29) is 11.7 Å². The molecule has 4 rings (SSSR count). The van der Waals surface area contributed by atoms with E-state index in [2.05, 4.69) is 10.2 Å². The lowest BCUT2D eigenvalue weighted by molar-refractivity contribution is 0.0953. The van der Waals surface area contributed by atoms with Gasteiger partial charge in [-0.05, 0) is 41.8 Å². The molecule has 0 aromatic heterocycles. The number of sulfonamides is 1. The average molecular weight is 464 g/mol. The molecular weight excluding hydrogens is 434 g/mol. The molecule has 0 bridgehead atoms. The lowest BCUT2D eigenvalue weighted by Crippen LogP contribution is -2.49. The first-order chi connectivity index (χ1) is 16.0. The number of benzene rings is 3. The van der Waals surface area contributed by atoms with Crippen LogP contribution in [0.25, 0.3) is 11.1 Å². The first-order valence-corrected chi connectivity index (χ1v) is 12.9. The Balaban J connectivity index is 1.21. The Labute approximate surface area is 195 Å². The van der Waals surface area contributed by atoms with Crippen LogP contribution in [0, 0.1) is 0 Å². The van der Waals surface area contributed by atoms with Crippen molar-refractivity contribution >= 4 is 21.6 Å². The highest BCUT2D eigenvalue weighted by molar-refractivity contribution is 7.89. The number of carbonyl (C=O) groups is 1. The fraction of sp³-hybridized carbons (Fsp3) is 0.269. The van der Waals surface area contributed by atoms with Crippen LogP contribution in [0.1, 0.15) is 16.8 Å². The summed E-state index contributed by atoms with van der Waals surface area (Å²) < 4.78 is 27.0. The molecule has 1 aliphatic heterocycles. The van der Waals surface area contributed by atoms with Crippen LogP contribution in [0.3, 0.4) is 0 Å². The summed E-state index contributed by atoms with van der Waals surface area (Å²) in [6.45, 7) is 2.65. The lowest BCUT2D eigenvalue weighted by atomic mass is 10.0. The molecule has 1 fully saturated rings. The van der Waals surface area contributed by atoms with Crippen LogP contribution < -0.4 is 10.2 Å². The molecule has 0 unspecified atom stereocenters. The van der Waals surface area contributed by atoms with Crippen LogP contribution in [-0.4, -0.2) is 57.1 Å². The Hall–Kier alpha value is -3.16. The molecule has 7 heteroatoms. The van der Waals surface area contributed by atoms with Gasteiger partial charge >= 0.3 is 0 Å². The molecule has 1 aliphatic rings. The highest BCUT2D eigenvalue weighted by Gasteiger charge is 2.26. The molecule has 1 heterocycles. The number of anilines is 1. The van der Waals surface area contributed by atoms with Crippen LogP contribution >= 0.6 is 0 Å². The van der Waals surface area contributed by atoms with E-state index in [0.29, 0.717) is 44.7 Å². The van der Waals surface area contributed by atoms with Gasteiger partial charge < -0.3 is 10.2 Å². The van der Waals surface area contributed by atoms with Gasteiger partial charge in [-0.15, -0.1) is 0 Å². The number of carbonyl (C=O) groups excluding carboxylic acids is 1. The molecule has 0 aliphatic carbocycles. The van der Waals surface area contributed by atoms with Crippen molar-refractivity contribution in [3.05, 3.63) is 90.5 Å². The Bertz CT molecular complexity index is 1140. The van der Waals surface area contributed by atoms with Crippen molar-refractivity contribution in [3.63, 3.8) is 0 Å². The number of amides is 1. The number of rotatable bonds is 8. The maximum absolute atomic E-state index is 12.7. The first-order valence-electron chi connectivity index (χ1n) is 11.2. The molecule has 0 spiro atoms. The van der Waals surface area contributed by atoms with Gasteiger partial charge in [0.2, 0.25) is 10.0 Å². The van der Waals surface area contributed by atoms with Crippen LogP contribution in [0.2, 0.25) is 0 Å². The Morgan fingerprint density at radius 3 is 1.97 bits per heavy atom. The number of para-hydroxylation sites is 1. The fourth-order valence-electron chi connectivity index (χ4n) is 4.00. The molecule has 1 N–H and O–H groups in total. The molecule has 0 atom stereocenters. The van der Waals surface area contributed by atoms with Gasteiger partial charge in [-0.3, -0.25) is 4.79 Å². The standard InChI is InChI=1S/C26H29N3O3S/c30-26(24-14-12-23(13-15-24)22-8-3-1-4-9-22)27-16-7-21-33(31,32)29-19-17-28(18-20-29)25-10-5-2-6-11-25/h1-6,8-15H,7,16-21H2,(H,27,30). The summed E-state index contributed by atoms with van der Waals surface area (Å²) in [6, 6.07) is 27.4. The lowest BCUT2D eigenvalue weighted by Gasteiger charge is -2.35. The number of nitrogens with zero attached hydrogens (tertiary/aromatic N) is 2. The summed E-state index contributed by atoms with van der Waals surface area (Å²) >= 11 is 0. The van der Waals surface area contributed by atoms with Crippen molar-refractivity contribution in [3.8, 4) is 11.1 Å². The Kier molecular flexibility index (Phi) is 7.42. The van der Waals surface area contributed by atoms with E-state index in [0.717, 1.165) is 16.8 Å². The van der Waals surface area contributed by atoms with Gasteiger partial charge in [0.25, 0.3) is 5.91 Å². The van der Waals surface area contributed by atoms with Crippen LogP contribution in [0.5, 0.6) is 0 Å². The molecule has 0 saturated carbocycles. The zero-order valence-corrected chi connectivity index (χ0v) is 19.4. The third kappa shape index (κ3) is 6.00. The maximum atomic E-state index is 12.7. The number of nitrogens with one attached hydrogen (secondary N) is 1. The van der Waals surface area contributed by atoms with Crippen LogP contribution in [0.15, 0.2) is 84.9 Å².